The molecule has 3 rings (SSSR count). The van der Waals surface area contributed by atoms with Crippen LogP contribution in [0.4, 0.5) is 0 Å². The van der Waals surface area contributed by atoms with Crippen LogP contribution in [0, 0.1) is 0 Å². The molecule has 1 aliphatic rings. The van der Waals surface area contributed by atoms with Crippen molar-refractivity contribution in [3.8, 4) is 0 Å². The van der Waals surface area contributed by atoms with Gasteiger partial charge in [0, 0.05) is 43.7 Å². The van der Waals surface area contributed by atoms with E-state index in [2.05, 4.69) is 25.7 Å². The highest BCUT2D eigenvalue weighted by molar-refractivity contribution is 6.31. The number of carbonyl (C=O) groups excluding carboxylic acids is 1. The molecule has 1 saturated heterocycles. The SMILES string of the molecule is CCCCC(=O)N1CCN(C(C)c2nc3ccc(Cl)cc3c(=O)n2CC)CC1C. The van der Waals surface area contributed by atoms with Gasteiger partial charge in [-0.15, -0.1) is 0 Å². The lowest BCUT2D eigenvalue weighted by molar-refractivity contribution is -0.136. The van der Waals surface area contributed by atoms with Crippen LogP contribution < -0.4 is 5.56 Å². The van der Waals surface area contributed by atoms with Gasteiger partial charge in [-0.3, -0.25) is 19.1 Å². The molecular weight excluding hydrogens is 388 g/mol. The molecule has 1 aliphatic heterocycles. The van der Waals surface area contributed by atoms with Crippen LogP contribution in [0.5, 0.6) is 0 Å². The van der Waals surface area contributed by atoms with Crippen LogP contribution in [0.2, 0.25) is 5.02 Å². The maximum absolute atomic E-state index is 13.0. The predicted octanol–water partition coefficient (Wildman–Crippen LogP) is 3.85. The highest BCUT2D eigenvalue weighted by Gasteiger charge is 2.31. The van der Waals surface area contributed by atoms with Gasteiger partial charge in [0.05, 0.1) is 16.9 Å². The fraction of sp³-hybridized carbons (Fsp3) is 0.591. The van der Waals surface area contributed by atoms with E-state index in [9.17, 15) is 9.59 Å². The van der Waals surface area contributed by atoms with Crippen molar-refractivity contribution in [1.29, 1.82) is 0 Å². The van der Waals surface area contributed by atoms with E-state index >= 15 is 0 Å². The minimum absolute atomic E-state index is 0.0157. The molecule has 1 aromatic heterocycles. The molecular formula is C22H31ClN4O2. The summed E-state index contributed by atoms with van der Waals surface area (Å²) < 4.78 is 1.74. The normalized spacial score (nSPS) is 18.9. The van der Waals surface area contributed by atoms with Gasteiger partial charge in [0.25, 0.3) is 5.56 Å². The Morgan fingerprint density at radius 3 is 2.72 bits per heavy atom. The fourth-order valence-corrected chi connectivity index (χ4v) is 4.35. The topological polar surface area (TPSA) is 58.4 Å². The third-order valence-corrected chi connectivity index (χ3v) is 6.14. The first-order valence-electron chi connectivity index (χ1n) is 10.6. The molecule has 158 valence electrons. The molecule has 2 heterocycles. The van der Waals surface area contributed by atoms with Crippen LogP contribution in [0.1, 0.15) is 58.8 Å². The van der Waals surface area contributed by atoms with Gasteiger partial charge < -0.3 is 4.90 Å². The second-order valence-electron chi connectivity index (χ2n) is 7.89. The Morgan fingerprint density at radius 2 is 2.07 bits per heavy atom. The molecule has 0 bridgehead atoms. The molecule has 0 radical (unpaired) electrons. The number of hydrogen-bond acceptors (Lipinski definition) is 4. The van der Waals surface area contributed by atoms with Crippen molar-refractivity contribution in [2.75, 3.05) is 19.6 Å². The minimum atomic E-state index is -0.0525. The Morgan fingerprint density at radius 1 is 1.31 bits per heavy atom. The molecule has 1 amide bonds. The molecule has 0 N–H and O–H groups in total. The lowest BCUT2D eigenvalue weighted by Crippen LogP contribution is -2.54. The molecule has 0 spiro atoms. The average molecular weight is 419 g/mol. The summed E-state index contributed by atoms with van der Waals surface area (Å²) >= 11 is 6.08. The van der Waals surface area contributed by atoms with Crippen molar-refractivity contribution in [3.63, 3.8) is 0 Å². The van der Waals surface area contributed by atoms with Crippen molar-refractivity contribution in [2.24, 2.45) is 0 Å². The quantitative estimate of drug-likeness (QED) is 0.714. The number of piperazine rings is 1. The van der Waals surface area contributed by atoms with E-state index < -0.39 is 0 Å². The van der Waals surface area contributed by atoms with E-state index in [1.165, 1.54) is 0 Å². The van der Waals surface area contributed by atoms with E-state index in [1.807, 2.05) is 17.9 Å². The highest BCUT2D eigenvalue weighted by Crippen LogP contribution is 2.24. The second-order valence-corrected chi connectivity index (χ2v) is 8.33. The molecule has 0 saturated carbocycles. The van der Waals surface area contributed by atoms with Gasteiger partial charge in [0.1, 0.15) is 5.82 Å². The number of aromatic nitrogens is 2. The second kappa shape index (κ2) is 9.26. The third kappa shape index (κ3) is 4.48. The lowest BCUT2D eigenvalue weighted by Gasteiger charge is -2.42. The van der Waals surface area contributed by atoms with Crippen molar-refractivity contribution in [2.45, 2.75) is 65.6 Å². The third-order valence-electron chi connectivity index (χ3n) is 5.91. The molecule has 6 nitrogen and oxygen atoms in total. The van der Waals surface area contributed by atoms with Gasteiger partial charge in [-0.25, -0.2) is 4.98 Å². The van der Waals surface area contributed by atoms with E-state index in [0.29, 0.717) is 35.4 Å². The number of rotatable bonds is 6. The van der Waals surface area contributed by atoms with Crippen LogP contribution in [0.25, 0.3) is 10.9 Å². The summed E-state index contributed by atoms with van der Waals surface area (Å²) in [5.74, 6) is 1.02. The van der Waals surface area contributed by atoms with E-state index in [-0.39, 0.29) is 23.6 Å². The fourth-order valence-electron chi connectivity index (χ4n) is 4.18. The van der Waals surface area contributed by atoms with Crippen molar-refractivity contribution < 1.29 is 4.79 Å². The maximum atomic E-state index is 13.0. The van der Waals surface area contributed by atoms with E-state index in [0.717, 1.165) is 31.8 Å². The van der Waals surface area contributed by atoms with Gasteiger partial charge in [0.2, 0.25) is 5.91 Å². The molecule has 1 fully saturated rings. The number of carbonyl (C=O) groups is 1. The standard InChI is InChI=1S/C22H31ClN4O2/c1-5-7-8-20(28)27-12-11-25(14-15(27)3)16(4)21-24-19-10-9-17(23)13-18(19)22(29)26(21)6-2/h9-10,13,15-16H,5-8,11-12,14H2,1-4H3. The lowest BCUT2D eigenvalue weighted by atomic mass is 10.1. The molecule has 2 unspecified atom stereocenters. The summed E-state index contributed by atoms with van der Waals surface area (Å²) in [7, 11) is 0. The van der Waals surface area contributed by atoms with Gasteiger partial charge in [0.15, 0.2) is 0 Å². The Balaban J connectivity index is 1.85. The minimum Gasteiger partial charge on any atom is -0.337 e. The zero-order valence-electron chi connectivity index (χ0n) is 17.8. The Bertz CT molecular complexity index is 942. The van der Waals surface area contributed by atoms with E-state index in [1.54, 1.807) is 16.7 Å². The summed E-state index contributed by atoms with van der Waals surface area (Å²) in [4.78, 5) is 34.6. The first kappa shape index (κ1) is 21.8. The molecule has 2 aromatic rings. The molecule has 2 atom stereocenters. The number of amides is 1. The summed E-state index contributed by atoms with van der Waals surface area (Å²) in [5.41, 5.74) is 0.621. The van der Waals surface area contributed by atoms with Crippen molar-refractivity contribution >= 4 is 28.4 Å². The van der Waals surface area contributed by atoms with Crippen LogP contribution in [0.15, 0.2) is 23.0 Å². The number of unbranched alkanes of at least 4 members (excludes halogenated alkanes) is 1. The Labute approximate surface area is 177 Å². The summed E-state index contributed by atoms with van der Waals surface area (Å²) in [6.07, 6.45) is 2.60. The van der Waals surface area contributed by atoms with Gasteiger partial charge in [-0.05, 0) is 45.4 Å². The number of benzene rings is 1. The number of fused-ring (bicyclic) bond motifs is 1. The maximum Gasteiger partial charge on any atom is 0.261 e. The van der Waals surface area contributed by atoms with Gasteiger partial charge >= 0.3 is 0 Å². The number of hydrogen-bond donors (Lipinski definition) is 0. The Hall–Kier alpha value is -1.92. The summed E-state index contributed by atoms with van der Waals surface area (Å²) in [6.45, 7) is 11.1. The van der Waals surface area contributed by atoms with Gasteiger partial charge in [-0.2, -0.15) is 0 Å². The van der Waals surface area contributed by atoms with Gasteiger partial charge in [-0.1, -0.05) is 24.9 Å². The first-order valence-corrected chi connectivity index (χ1v) is 11.0. The Kier molecular flexibility index (Phi) is 6.96. The first-order chi connectivity index (χ1) is 13.9. The van der Waals surface area contributed by atoms with Crippen LogP contribution in [-0.2, 0) is 11.3 Å². The summed E-state index contributed by atoms with van der Waals surface area (Å²) in [5, 5.41) is 1.09. The van der Waals surface area contributed by atoms with Crippen molar-refractivity contribution in [1.82, 2.24) is 19.4 Å². The largest absolute Gasteiger partial charge is 0.337 e. The molecule has 29 heavy (non-hydrogen) atoms. The zero-order chi connectivity index (χ0) is 21.1. The molecule has 7 heteroatoms. The van der Waals surface area contributed by atoms with Crippen LogP contribution in [0.3, 0.4) is 0 Å². The highest BCUT2D eigenvalue weighted by atomic mass is 35.5. The molecule has 0 aliphatic carbocycles. The van der Waals surface area contributed by atoms with Crippen LogP contribution in [-0.4, -0.2) is 50.9 Å². The van der Waals surface area contributed by atoms with Crippen molar-refractivity contribution in [3.05, 3.63) is 39.4 Å². The molecule has 1 aromatic carbocycles. The van der Waals surface area contributed by atoms with E-state index in [4.69, 9.17) is 16.6 Å². The van der Waals surface area contributed by atoms with Crippen LogP contribution >= 0.6 is 11.6 Å². The monoisotopic (exact) mass is 418 g/mol. The zero-order valence-corrected chi connectivity index (χ0v) is 18.6. The summed E-state index contributed by atoms with van der Waals surface area (Å²) in [6, 6.07) is 5.40. The number of nitrogens with zero attached hydrogens (tertiary/aromatic N) is 4. The number of halogens is 1. The predicted molar refractivity (Wildman–Crippen MR) is 117 cm³/mol. The smallest absolute Gasteiger partial charge is 0.261 e. The average Bonchev–Trinajstić information content (AvgIpc) is 2.71.